The fourth-order valence-electron chi connectivity index (χ4n) is 6.86. The van der Waals surface area contributed by atoms with Crippen LogP contribution in [0.15, 0.2) is 82.2 Å². The van der Waals surface area contributed by atoms with Crippen LogP contribution < -0.4 is 0 Å². The maximum Gasteiger partial charge on any atom is 0.268 e. The van der Waals surface area contributed by atoms with E-state index in [1.54, 1.807) is 46.8 Å². The van der Waals surface area contributed by atoms with Gasteiger partial charge < -0.3 is 4.90 Å². The summed E-state index contributed by atoms with van der Waals surface area (Å²) in [5.74, 6) is 0.480. The summed E-state index contributed by atoms with van der Waals surface area (Å²) < 4.78 is 28.0. The highest BCUT2D eigenvalue weighted by Crippen LogP contribution is 2.35. The van der Waals surface area contributed by atoms with Gasteiger partial charge in [0.05, 0.1) is 21.0 Å². The minimum atomic E-state index is -3.64. The number of carbonyl (C=O) groups excluding carboxylic acids is 1. The van der Waals surface area contributed by atoms with Crippen molar-refractivity contribution in [3.63, 3.8) is 0 Å². The molecule has 0 N–H and O–H groups in total. The summed E-state index contributed by atoms with van der Waals surface area (Å²) >= 11 is 1.76. The number of hydrogen-bond acceptors (Lipinski definition) is 7. The highest BCUT2D eigenvalue weighted by Gasteiger charge is 2.34. The first kappa shape index (κ1) is 29.4. The zero-order chi connectivity index (χ0) is 30.1. The summed E-state index contributed by atoms with van der Waals surface area (Å²) in [6.07, 6.45) is 7.58. The summed E-state index contributed by atoms with van der Waals surface area (Å²) in [5, 5.41) is 9.72. The molecule has 1 saturated heterocycles. The Balaban J connectivity index is 0.878. The number of carbonyl (C=O) groups is 1. The molecular formula is C34H39N5O3S2. The van der Waals surface area contributed by atoms with Gasteiger partial charge in [0.25, 0.3) is 10.0 Å². The first-order valence-electron chi connectivity index (χ1n) is 15.8. The largest absolute Gasteiger partial charge is 0.301 e. The van der Waals surface area contributed by atoms with E-state index in [2.05, 4.69) is 27.3 Å². The summed E-state index contributed by atoms with van der Waals surface area (Å²) in [6.45, 7) is 6.64. The van der Waals surface area contributed by atoms with Crippen molar-refractivity contribution < 1.29 is 13.2 Å². The Hall–Kier alpha value is -3.31. The van der Waals surface area contributed by atoms with E-state index in [-0.39, 0.29) is 5.91 Å². The molecule has 4 aromatic rings. The van der Waals surface area contributed by atoms with E-state index in [1.165, 1.54) is 14.4 Å². The number of amides is 1. The molecule has 1 fully saturated rings. The molecule has 2 aliphatic heterocycles. The lowest BCUT2D eigenvalue weighted by atomic mass is 9.84. The van der Waals surface area contributed by atoms with Gasteiger partial charge in [-0.3, -0.25) is 9.69 Å². The van der Waals surface area contributed by atoms with E-state index < -0.39 is 10.0 Å². The summed E-state index contributed by atoms with van der Waals surface area (Å²) in [4.78, 5) is 19.3. The van der Waals surface area contributed by atoms with Gasteiger partial charge in [-0.2, -0.15) is 5.10 Å². The number of nitrogens with zero attached hydrogens (tertiary/aromatic N) is 5. The lowest BCUT2D eigenvalue weighted by Crippen LogP contribution is -2.46. The highest BCUT2D eigenvalue weighted by molar-refractivity contribution is 7.90. The zero-order valence-corrected chi connectivity index (χ0v) is 26.6. The number of piperazine rings is 1. The molecule has 1 unspecified atom stereocenters. The molecule has 3 aliphatic rings. The Bertz CT molecular complexity index is 1770. The van der Waals surface area contributed by atoms with Gasteiger partial charge in [-0.25, -0.2) is 17.4 Å². The van der Waals surface area contributed by atoms with Crippen molar-refractivity contribution in [2.24, 2.45) is 11.0 Å². The number of rotatable bonds is 10. The van der Waals surface area contributed by atoms with Crippen LogP contribution in [0.1, 0.15) is 48.1 Å². The van der Waals surface area contributed by atoms with Gasteiger partial charge in [-0.15, -0.1) is 11.3 Å². The molecule has 10 heteroatoms. The fourth-order valence-corrected chi connectivity index (χ4v) is 9.24. The van der Waals surface area contributed by atoms with Crippen LogP contribution in [-0.4, -0.2) is 78.1 Å². The standard InChI is InChI=1S/C34H39N5O3S2/c40-32-24-27-13-12-26-15-23-43-34(26)33(27)35-38(32)17-6-2-5-16-36-19-21-37(22-20-36)25-28-8-7-11-31-30(28)14-18-39(31)44(41,42)29-9-3-1-4-10-29/h1,3-4,7-11,14-15,18,23,27H,2,5-6,12-13,16-17,19-22,24-25H2. The molecule has 1 atom stereocenters. The molecule has 0 radical (unpaired) electrons. The van der Waals surface area contributed by atoms with Gasteiger partial charge in [0.1, 0.15) is 0 Å². The van der Waals surface area contributed by atoms with E-state index >= 15 is 0 Å². The normalized spacial score (nSPS) is 19.6. The van der Waals surface area contributed by atoms with E-state index in [4.69, 9.17) is 5.10 Å². The average Bonchev–Trinajstić information content (AvgIpc) is 3.71. The highest BCUT2D eigenvalue weighted by atomic mass is 32.2. The van der Waals surface area contributed by atoms with Crippen LogP contribution in [0, 0.1) is 5.92 Å². The number of aromatic nitrogens is 1. The maximum absolute atomic E-state index is 13.3. The van der Waals surface area contributed by atoms with E-state index in [0.29, 0.717) is 23.8 Å². The van der Waals surface area contributed by atoms with Gasteiger partial charge in [-0.1, -0.05) is 36.8 Å². The van der Waals surface area contributed by atoms with Crippen molar-refractivity contribution in [3.8, 4) is 0 Å². The molecule has 7 rings (SSSR count). The Morgan fingerprint density at radius 1 is 0.864 bits per heavy atom. The predicted molar refractivity (Wildman–Crippen MR) is 176 cm³/mol. The number of hydrogen-bond donors (Lipinski definition) is 0. The average molecular weight is 630 g/mol. The first-order valence-corrected chi connectivity index (χ1v) is 18.1. The van der Waals surface area contributed by atoms with Crippen molar-refractivity contribution in [1.82, 2.24) is 18.8 Å². The van der Waals surface area contributed by atoms with Crippen LogP contribution in [-0.2, 0) is 27.8 Å². The second-order valence-electron chi connectivity index (χ2n) is 12.2. The second-order valence-corrected chi connectivity index (χ2v) is 14.9. The zero-order valence-electron chi connectivity index (χ0n) is 25.0. The van der Waals surface area contributed by atoms with Crippen molar-refractivity contribution in [1.29, 1.82) is 0 Å². The Kier molecular flexibility index (Phi) is 8.41. The lowest BCUT2D eigenvalue weighted by Gasteiger charge is -2.35. The molecule has 0 saturated carbocycles. The van der Waals surface area contributed by atoms with Gasteiger partial charge in [0, 0.05) is 63.2 Å². The van der Waals surface area contributed by atoms with Gasteiger partial charge in [0.2, 0.25) is 5.91 Å². The number of hydrazone groups is 1. The SMILES string of the molecule is O=C1CC2CCc3ccsc3C2=NN1CCCCCN1CCN(Cc2cccc3c2ccn3S(=O)(=O)c2ccccc2)CC1. The molecule has 0 spiro atoms. The third-order valence-electron chi connectivity index (χ3n) is 9.36. The van der Waals surface area contributed by atoms with Crippen LogP contribution in [0.5, 0.6) is 0 Å². The number of thiophene rings is 1. The Morgan fingerprint density at radius 2 is 1.66 bits per heavy atom. The Labute approximate surface area is 263 Å². The molecule has 1 aliphatic carbocycles. The smallest absolute Gasteiger partial charge is 0.268 e. The van der Waals surface area contributed by atoms with Crippen LogP contribution >= 0.6 is 11.3 Å². The predicted octanol–water partition coefficient (Wildman–Crippen LogP) is 5.43. The van der Waals surface area contributed by atoms with Gasteiger partial charge in [0.15, 0.2) is 0 Å². The number of unbranched alkanes of at least 4 members (excludes halogenated alkanes) is 2. The molecule has 44 heavy (non-hydrogen) atoms. The molecule has 2 aromatic carbocycles. The molecule has 2 aromatic heterocycles. The maximum atomic E-state index is 13.3. The van der Waals surface area contributed by atoms with Gasteiger partial charge >= 0.3 is 0 Å². The molecular weight excluding hydrogens is 591 g/mol. The molecule has 8 nitrogen and oxygen atoms in total. The third kappa shape index (κ3) is 5.88. The molecule has 230 valence electrons. The van der Waals surface area contributed by atoms with Crippen LogP contribution in [0.25, 0.3) is 10.9 Å². The topological polar surface area (TPSA) is 78.2 Å². The number of benzene rings is 2. The monoisotopic (exact) mass is 629 g/mol. The summed E-state index contributed by atoms with van der Waals surface area (Å²) in [7, 11) is -3.64. The Morgan fingerprint density at radius 3 is 2.50 bits per heavy atom. The molecule has 4 heterocycles. The fraction of sp³-hybridized carbons (Fsp3) is 0.412. The lowest BCUT2D eigenvalue weighted by molar-refractivity contribution is -0.132. The first-order chi connectivity index (χ1) is 21.5. The third-order valence-corrected chi connectivity index (χ3v) is 12.0. The van der Waals surface area contributed by atoms with Crippen LogP contribution in [0.4, 0.5) is 0 Å². The van der Waals surface area contributed by atoms with E-state index in [0.717, 1.165) is 93.6 Å². The van der Waals surface area contributed by atoms with E-state index in [1.807, 2.05) is 24.3 Å². The number of fused-ring (bicyclic) bond motifs is 4. The van der Waals surface area contributed by atoms with Crippen molar-refractivity contribution in [3.05, 3.63) is 88.2 Å². The van der Waals surface area contributed by atoms with Crippen molar-refractivity contribution >= 4 is 43.9 Å². The number of aryl methyl sites for hydroxylation is 1. The van der Waals surface area contributed by atoms with Gasteiger partial charge in [-0.05, 0) is 79.1 Å². The van der Waals surface area contributed by atoms with Crippen LogP contribution in [0.3, 0.4) is 0 Å². The second kappa shape index (κ2) is 12.6. The summed E-state index contributed by atoms with van der Waals surface area (Å²) in [6, 6.07) is 18.7. The minimum Gasteiger partial charge on any atom is -0.301 e. The summed E-state index contributed by atoms with van der Waals surface area (Å²) in [5.41, 5.74) is 4.41. The van der Waals surface area contributed by atoms with Crippen molar-refractivity contribution in [2.45, 2.75) is 50.0 Å². The van der Waals surface area contributed by atoms with Crippen molar-refractivity contribution in [2.75, 3.05) is 39.3 Å². The quantitative estimate of drug-likeness (QED) is 0.219. The minimum absolute atomic E-state index is 0.181. The van der Waals surface area contributed by atoms with Crippen LogP contribution in [0.2, 0.25) is 0 Å². The van der Waals surface area contributed by atoms with E-state index in [9.17, 15) is 13.2 Å². The molecule has 0 bridgehead atoms. The molecule has 1 amide bonds.